The highest BCUT2D eigenvalue weighted by molar-refractivity contribution is 7.21. The molecule has 1 amide bonds. The van der Waals surface area contributed by atoms with Crippen molar-refractivity contribution in [1.82, 2.24) is 14.7 Å². The summed E-state index contributed by atoms with van der Waals surface area (Å²) in [6.45, 7) is 1.72. The number of imidazole rings is 1. The zero-order chi connectivity index (χ0) is 14.3. The van der Waals surface area contributed by atoms with Gasteiger partial charge < -0.3 is 10.4 Å². The third kappa shape index (κ3) is 2.06. The molecule has 2 N–H and O–H groups in total. The van der Waals surface area contributed by atoms with Crippen LogP contribution in [-0.2, 0) is 4.79 Å². The van der Waals surface area contributed by atoms with E-state index in [9.17, 15) is 9.59 Å². The standard InChI is InChI=1S/C12H11N3O3S2/c1-2-6(11(17)18)13-9(16)8-5-7-10(20-8)14-12-15(7)3-4-19-12/h3-6H,2H2,1H3,(H,13,16)(H,17,18)/t6-/m0/s1. The summed E-state index contributed by atoms with van der Waals surface area (Å²) < 4.78 is 1.92. The number of rotatable bonds is 4. The minimum absolute atomic E-state index is 0.347. The van der Waals surface area contributed by atoms with Crippen LogP contribution in [0.5, 0.6) is 0 Å². The second kappa shape index (κ2) is 4.88. The van der Waals surface area contributed by atoms with Crippen LogP contribution >= 0.6 is 22.7 Å². The van der Waals surface area contributed by atoms with Crippen LogP contribution < -0.4 is 5.32 Å². The van der Waals surface area contributed by atoms with Crippen LogP contribution in [0.15, 0.2) is 17.6 Å². The monoisotopic (exact) mass is 309 g/mol. The number of fused-ring (bicyclic) bond motifs is 3. The van der Waals surface area contributed by atoms with E-state index in [2.05, 4.69) is 10.3 Å². The Hall–Kier alpha value is -1.93. The fourth-order valence-electron chi connectivity index (χ4n) is 1.93. The molecular formula is C12H11N3O3S2. The number of carboxylic acid groups (broad SMARTS) is 1. The second-order valence-electron chi connectivity index (χ2n) is 4.24. The molecule has 0 saturated heterocycles. The van der Waals surface area contributed by atoms with Gasteiger partial charge in [-0.2, -0.15) is 0 Å². The summed E-state index contributed by atoms with van der Waals surface area (Å²) in [5, 5.41) is 13.4. The van der Waals surface area contributed by atoms with Crippen molar-refractivity contribution < 1.29 is 14.7 Å². The SMILES string of the molecule is CC[C@H](NC(=O)c1cc2c(nc3sccn32)s1)C(=O)O. The first-order valence-electron chi connectivity index (χ1n) is 5.99. The zero-order valence-corrected chi connectivity index (χ0v) is 12.1. The maximum Gasteiger partial charge on any atom is 0.326 e. The Morgan fingerprint density at radius 3 is 3.05 bits per heavy atom. The third-order valence-electron chi connectivity index (χ3n) is 2.98. The van der Waals surface area contributed by atoms with E-state index >= 15 is 0 Å². The number of thiophene rings is 1. The number of hydrogen-bond donors (Lipinski definition) is 2. The van der Waals surface area contributed by atoms with Crippen molar-refractivity contribution >= 4 is 49.9 Å². The van der Waals surface area contributed by atoms with Crippen LogP contribution in [-0.4, -0.2) is 32.4 Å². The Balaban J connectivity index is 1.91. The molecule has 0 spiro atoms. The Labute approximate surface area is 121 Å². The summed E-state index contributed by atoms with van der Waals surface area (Å²) in [6, 6.07) is 0.886. The van der Waals surface area contributed by atoms with Crippen LogP contribution in [0.4, 0.5) is 0 Å². The summed E-state index contributed by atoms with van der Waals surface area (Å²) in [4.78, 5) is 29.6. The van der Waals surface area contributed by atoms with E-state index in [4.69, 9.17) is 5.11 Å². The van der Waals surface area contributed by atoms with Gasteiger partial charge in [0, 0.05) is 11.6 Å². The number of thiazole rings is 1. The number of aromatic nitrogens is 2. The van der Waals surface area contributed by atoms with E-state index in [-0.39, 0.29) is 5.91 Å². The predicted octanol–water partition coefficient (Wildman–Crippen LogP) is 2.20. The normalized spacial score (nSPS) is 12.8. The summed E-state index contributed by atoms with van der Waals surface area (Å²) in [7, 11) is 0. The molecule has 1 atom stereocenters. The first-order chi connectivity index (χ1) is 9.60. The molecule has 104 valence electrons. The number of amides is 1. The van der Waals surface area contributed by atoms with Crippen molar-refractivity contribution in [2.45, 2.75) is 19.4 Å². The fourth-order valence-corrected chi connectivity index (χ4v) is 3.63. The molecule has 0 saturated carbocycles. The second-order valence-corrected chi connectivity index (χ2v) is 6.14. The number of hydrogen-bond acceptors (Lipinski definition) is 5. The smallest absolute Gasteiger partial charge is 0.326 e. The Kier molecular flexibility index (Phi) is 3.19. The predicted molar refractivity (Wildman–Crippen MR) is 77.6 cm³/mol. The molecule has 3 aromatic rings. The molecule has 3 aromatic heterocycles. The molecule has 3 heterocycles. The molecule has 0 aliphatic carbocycles. The minimum atomic E-state index is -1.02. The first kappa shape index (κ1) is 13.1. The summed E-state index contributed by atoms with van der Waals surface area (Å²) in [5.41, 5.74) is 0.875. The highest BCUT2D eigenvalue weighted by Gasteiger charge is 2.21. The quantitative estimate of drug-likeness (QED) is 0.774. The van der Waals surface area contributed by atoms with Gasteiger partial charge in [-0.25, -0.2) is 9.78 Å². The van der Waals surface area contributed by atoms with Crippen LogP contribution in [0.1, 0.15) is 23.0 Å². The van der Waals surface area contributed by atoms with Crippen molar-refractivity contribution in [2.75, 3.05) is 0 Å². The van der Waals surface area contributed by atoms with Gasteiger partial charge in [0.15, 0.2) is 4.96 Å². The molecule has 0 aliphatic rings. The van der Waals surface area contributed by atoms with Gasteiger partial charge in [-0.05, 0) is 12.5 Å². The number of nitrogens with one attached hydrogen (secondary N) is 1. The van der Waals surface area contributed by atoms with Crippen LogP contribution in [0, 0.1) is 0 Å². The van der Waals surface area contributed by atoms with Gasteiger partial charge in [-0.15, -0.1) is 22.7 Å². The number of nitrogens with zero attached hydrogens (tertiary/aromatic N) is 2. The lowest BCUT2D eigenvalue weighted by molar-refractivity contribution is -0.139. The van der Waals surface area contributed by atoms with Crippen LogP contribution in [0.25, 0.3) is 15.3 Å². The Bertz CT molecular complexity index is 801. The van der Waals surface area contributed by atoms with Crippen molar-refractivity contribution in [1.29, 1.82) is 0 Å². The highest BCUT2D eigenvalue weighted by Crippen LogP contribution is 2.28. The largest absolute Gasteiger partial charge is 0.480 e. The van der Waals surface area contributed by atoms with Gasteiger partial charge in [-0.1, -0.05) is 6.92 Å². The van der Waals surface area contributed by atoms with Gasteiger partial charge in [0.1, 0.15) is 10.9 Å². The van der Waals surface area contributed by atoms with Crippen LogP contribution in [0.3, 0.4) is 0 Å². The van der Waals surface area contributed by atoms with Crippen molar-refractivity contribution in [3.63, 3.8) is 0 Å². The molecule has 8 heteroatoms. The number of carbonyl (C=O) groups excluding carboxylic acids is 1. The first-order valence-corrected chi connectivity index (χ1v) is 7.68. The zero-order valence-electron chi connectivity index (χ0n) is 10.5. The van der Waals surface area contributed by atoms with E-state index in [1.54, 1.807) is 13.0 Å². The summed E-state index contributed by atoms with van der Waals surface area (Å²) in [6.07, 6.45) is 2.25. The molecule has 20 heavy (non-hydrogen) atoms. The molecule has 0 aliphatic heterocycles. The molecule has 0 unspecified atom stereocenters. The van der Waals surface area contributed by atoms with Gasteiger partial charge in [0.05, 0.1) is 10.4 Å². The van der Waals surface area contributed by atoms with E-state index < -0.39 is 12.0 Å². The van der Waals surface area contributed by atoms with Gasteiger partial charge >= 0.3 is 5.97 Å². The summed E-state index contributed by atoms with van der Waals surface area (Å²) in [5.74, 6) is -1.39. The third-order valence-corrected chi connectivity index (χ3v) is 4.75. The highest BCUT2D eigenvalue weighted by atomic mass is 32.1. The molecular weight excluding hydrogens is 298 g/mol. The van der Waals surface area contributed by atoms with Crippen molar-refractivity contribution in [2.24, 2.45) is 0 Å². The van der Waals surface area contributed by atoms with Gasteiger partial charge in [-0.3, -0.25) is 9.20 Å². The minimum Gasteiger partial charge on any atom is -0.480 e. The number of carboxylic acids is 1. The maximum atomic E-state index is 12.1. The fraction of sp³-hybridized carbons (Fsp3) is 0.250. The van der Waals surface area contributed by atoms with E-state index in [0.717, 1.165) is 15.3 Å². The lowest BCUT2D eigenvalue weighted by Gasteiger charge is -2.10. The average Bonchev–Trinajstić information content (AvgIpc) is 3.05. The van der Waals surface area contributed by atoms with Crippen molar-refractivity contribution in [3.05, 3.63) is 22.5 Å². The Morgan fingerprint density at radius 1 is 1.55 bits per heavy atom. The van der Waals surface area contributed by atoms with Gasteiger partial charge in [0.2, 0.25) is 0 Å². The van der Waals surface area contributed by atoms with E-state index in [0.29, 0.717) is 11.3 Å². The molecule has 3 rings (SSSR count). The average molecular weight is 309 g/mol. The van der Waals surface area contributed by atoms with Crippen molar-refractivity contribution in [3.8, 4) is 0 Å². The topological polar surface area (TPSA) is 83.7 Å². The van der Waals surface area contributed by atoms with E-state index in [1.807, 2.05) is 16.0 Å². The maximum absolute atomic E-state index is 12.1. The molecule has 0 aromatic carbocycles. The summed E-state index contributed by atoms with van der Waals surface area (Å²) >= 11 is 2.80. The molecule has 6 nitrogen and oxygen atoms in total. The molecule has 0 radical (unpaired) electrons. The molecule has 0 bridgehead atoms. The van der Waals surface area contributed by atoms with Crippen LogP contribution in [0.2, 0.25) is 0 Å². The van der Waals surface area contributed by atoms with Gasteiger partial charge in [0.25, 0.3) is 5.91 Å². The Morgan fingerprint density at radius 2 is 2.35 bits per heavy atom. The lowest BCUT2D eigenvalue weighted by atomic mass is 10.2. The molecule has 0 fully saturated rings. The lowest BCUT2D eigenvalue weighted by Crippen LogP contribution is -2.39. The van der Waals surface area contributed by atoms with E-state index in [1.165, 1.54) is 22.7 Å². The number of aliphatic carboxylic acids is 1. The number of carbonyl (C=O) groups is 2.